The molecule has 0 heterocycles. The Kier molecular flexibility index (Phi) is 5.83. The summed E-state index contributed by atoms with van der Waals surface area (Å²) < 4.78 is 10.4. The molecule has 0 aliphatic rings. The van der Waals surface area contributed by atoms with Crippen LogP contribution in [0.15, 0.2) is 54.6 Å². The van der Waals surface area contributed by atoms with Crippen LogP contribution in [0.5, 0.6) is 5.75 Å². The van der Waals surface area contributed by atoms with E-state index in [0.717, 1.165) is 30.4 Å². The maximum Gasteiger partial charge on any atom is 0.514 e. The summed E-state index contributed by atoms with van der Waals surface area (Å²) >= 11 is 0. The van der Waals surface area contributed by atoms with Crippen LogP contribution in [0.2, 0.25) is 0 Å². The van der Waals surface area contributed by atoms with E-state index >= 15 is 0 Å². The summed E-state index contributed by atoms with van der Waals surface area (Å²) in [6.45, 7) is 2.36. The third-order valence-electron chi connectivity index (χ3n) is 3.17. The Morgan fingerprint density at radius 3 is 2.48 bits per heavy atom. The molecule has 0 bridgehead atoms. The number of hydrogen-bond acceptors (Lipinski definition) is 3. The Hall–Kier alpha value is -2.29. The van der Waals surface area contributed by atoms with Gasteiger partial charge in [-0.05, 0) is 30.0 Å². The van der Waals surface area contributed by atoms with Gasteiger partial charge in [-0.1, -0.05) is 61.9 Å². The highest BCUT2D eigenvalue weighted by molar-refractivity contribution is 5.64. The monoisotopic (exact) mass is 284 g/mol. The number of benzene rings is 2. The van der Waals surface area contributed by atoms with Gasteiger partial charge in [-0.2, -0.15) is 0 Å². The number of para-hydroxylation sites is 1. The van der Waals surface area contributed by atoms with E-state index in [1.165, 1.54) is 0 Å². The lowest BCUT2D eigenvalue weighted by Crippen LogP contribution is -2.11. The summed E-state index contributed by atoms with van der Waals surface area (Å²) in [5.41, 5.74) is 1.98. The van der Waals surface area contributed by atoms with E-state index in [1.54, 1.807) is 6.07 Å². The van der Waals surface area contributed by atoms with E-state index in [-0.39, 0.29) is 6.61 Å². The highest BCUT2D eigenvalue weighted by atomic mass is 16.7. The molecule has 0 fully saturated rings. The topological polar surface area (TPSA) is 35.5 Å². The first-order chi connectivity index (χ1) is 10.3. The zero-order valence-electron chi connectivity index (χ0n) is 12.2. The van der Waals surface area contributed by atoms with Crippen LogP contribution >= 0.6 is 0 Å². The van der Waals surface area contributed by atoms with Gasteiger partial charge in [0.2, 0.25) is 0 Å². The van der Waals surface area contributed by atoms with Crippen LogP contribution in [-0.2, 0) is 17.8 Å². The van der Waals surface area contributed by atoms with Crippen molar-refractivity contribution in [3.05, 3.63) is 65.7 Å². The lowest BCUT2D eigenvalue weighted by Gasteiger charge is -2.10. The maximum absolute atomic E-state index is 11.8. The first-order valence-corrected chi connectivity index (χ1v) is 7.26. The lowest BCUT2D eigenvalue weighted by molar-refractivity contribution is 0.0924. The number of rotatable bonds is 6. The van der Waals surface area contributed by atoms with Gasteiger partial charge in [-0.15, -0.1) is 0 Å². The lowest BCUT2D eigenvalue weighted by atomic mass is 10.1. The first kappa shape index (κ1) is 15.1. The minimum absolute atomic E-state index is 0.219. The fraction of sp³-hybridized carbons (Fsp3) is 0.278. The highest BCUT2D eigenvalue weighted by Gasteiger charge is 2.10. The van der Waals surface area contributed by atoms with Gasteiger partial charge in [0.15, 0.2) is 0 Å². The smallest absolute Gasteiger partial charge is 0.429 e. The second kappa shape index (κ2) is 8.10. The molecule has 0 saturated carbocycles. The minimum atomic E-state index is -0.664. The molecule has 0 aromatic heterocycles. The van der Waals surface area contributed by atoms with Crippen LogP contribution in [0.1, 0.15) is 30.9 Å². The molecule has 0 aliphatic carbocycles. The van der Waals surface area contributed by atoms with Crippen molar-refractivity contribution < 1.29 is 14.3 Å². The minimum Gasteiger partial charge on any atom is -0.429 e. The summed E-state index contributed by atoms with van der Waals surface area (Å²) in [7, 11) is 0. The molecule has 0 radical (unpaired) electrons. The van der Waals surface area contributed by atoms with Gasteiger partial charge in [0.1, 0.15) is 12.4 Å². The number of ether oxygens (including phenoxy) is 2. The highest BCUT2D eigenvalue weighted by Crippen LogP contribution is 2.20. The molecule has 0 amide bonds. The molecule has 0 saturated heterocycles. The zero-order chi connectivity index (χ0) is 14.9. The normalized spacial score (nSPS) is 10.1. The molecule has 3 heteroatoms. The van der Waals surface area contributed by atoms with Crippen molar-refractivity contribution in [1.29, 1.82) is 0 Å². The molecule has 2 rings (SSSR count). The average molecular weight is 284 g/mol. The Morgan fingerprint density at radius 2 is 1.71 bits per heavy atom. The molecule has 3 nitrogen and oxygen atoms in total. The molecule has 21 heavy (non-hydrogen) atoms. The molecule has 2 aromatic rings. The number of carbonyl (C=O) groups is 1. The summed E-state index contributed by atoms with van der Waals surface area (Å²) in [4.78, 5) is 11.8. The standard InChI is InChI=1S/C18H20O3/c1-2-3-11-16-12-7-8-13-17(16)21-18(19)20-14-15-9-5-4-6-10-15/h4-10,12-13H,2-3,11,14H2,1H3. The fourth-order valence-corrected chi connectivity index (χ4v) is 2.01. The SMILES string of the molecule is CCCCc1ccccc1OC(=O)OCc1ccccc1. The number of hydrogen-bond donors (Lipinski definition) is 0. The largest absolute Gasteiger partial charge is 0.514 e. The summed E-state index contributed by atoms with van der Waals surface area (Å²) in [6.07, 6.45) is 2.41. The number of unbranched alkanes of at least 4 members (excludes halogenated alkanes) is 1. The van der Waals surface area contributed by atoms with Crippen molar-refractivity contribution in [3.8, 4) is 5.75 Å². The van der Waals surface area contributed by atoms with Crippen molar-refractivity contribution in [2.45, 2.75) is 32.8 Å². The first-order valence-electron chi connectivity index (χ1n) is 7.26. The van der Waals surface area contributed by atoms with E-state index in [2.05, 4.69) is 6.92 Å². The third-order valence-corrected chi connectivity index (χ3v) is 3.17. The van der Waals surface area contributed by atoms with E-state index in [9.17, 15) is 4.79 Å². The van der Waals surface area contributed by atoms with Crippen molar-refractivity contribution >= 4 is 6.16 Å². The summed E-state index contributed by atoms with van der Waals surface area (Å²) in [5, 5.41) is 0. The zero-order valence-corrected chi connectivity index (χ0v) is 12.2. The van der Waals surface area contributed by atoms with Gasteiger partial charge in [-0.25, -0.2) is 4.79 Å². The van der Waals surface area contributed by atoms with Crippen LogP contribution in [0.25, 0.3) is 0 Å². The Labute approximate surface area is 125 Å². The molecule has 110 valence electrons. The number of carbonyl (C=O) groups excluding carboxylic acids is 1. The predicted molar refractivity (Wildman–Crippen MR) is 82.3 cm³/mol. The molecular weight excluding hydrogens is 264 g/mol. The van der Waals surface area contributed by atoms with Crippen LogP contribution in [0, 0.1) is 0 Å². The van der Waals surface area contributed by atoms with Crippen molar-refractivity contribution in [3.63, 3.8) is 0 Å². The second-order valence-electron chi connectivity index (χ2n) is 4.84. The summed E-state index contributed by atoms with van der Waals surface area (Å²) in [5.74, 6) is 0.587. The van der Waals surface area contributed by atoms with Gasteiger partial charge in [0, 0.05) is 0 Å². The van der Waals surface area contributed by atoms with Gasteiger partial charge >= 0.3 is 6.16 Å². The Bertz CT molecular complexity index is 564. The van der Waals surface area contributed by atoms with E-state index < -0.39 is 6.16 Å². The van der Waals surface area contributed by atoms with Crippen LogP contribution < -0.4 is 4.74 Å². The fourth-order valence-electron chi connectivity index (χ4n) is 2.01. The van der Waals surface area contributed by atoms with Crippen LogP contribution in [0.4, 0.5) is 4.79 Å². The maximum atomic E-state index is 11.8. The van der Waals surface area contributed by atoms with Gasteiger partial charge < -0.3 is 9.47 Å². The second-order valence-corrected chi connectivity index (χ2v) is 4.84. The van der Waals surface area contributed by atoms with Crippen molar-refractivity contribution in [1.82, 2.24) is 0 Å². The van der Waals surface area contributed by atoms with Crippen molar-refractivity contribution in [2.24, 2.45) is 0 Å². The molecule has 2 aromatic carbocycles. The molecule has 0 unspecified atom stereocenters. The molecular formula is C18H20O3. The quantitative estimate of drug-likeness (QED) is 0.567. The van der Waals surface area contributed by atoms with Gasteiger partial charge in [0.05, 0.1) is 0 Å². The van der Waals surface area contributed by atoms with Crippen molar-refractivity contribution in [2.75, 3.05) is 0 Å². The van der Waals surface area contributed by atoms with E-state index in [0.29, 0.717) is 5.75 Å². The number of aryl methyl sites for hydroxylation is 1. The third kappa shape index (κ3) is 4.95. The van der Waals surface area contributed by atoms with E-state index in [4.69, 9.17) is 9.47 Å². The van der Waals surface area contributed by atoms with Gasteiger partial charge in [-0.3, -0.25) is 0 Å². The molecule has 0 N–H and O–H groups in total. The van der Waals surface area contributed by atoms with Crippen LogP contribution in [-0.4, -0.2) is 6.16 Å². The van der Waals surface area contributed by atoms with Gasteiger partial charge in [0.25, 0.3) is 0 Å². The Morgan fingerprint density at radius 1 is 1.00 bits per heavy atom. The average Bonchev–Trinajstić information content (AvgIpc) is 2.53. The Balaban J connectivity index is 1.90. The molecule has 0 spiro atoms. The van der Waals surface area contributed by atoms with E-state index in [1.807, 2.05) is 48.5 Å². The predicted octanol–water partition coefficient (Wildman–Crippen LogP) is 4.74. The molecule has 0 atom stereocenters. The molecule has 0 aliphatic heterocycles. The van der Waals surface area contributed by atoms with Crippen LogP contribution in [0.3, 0.4) is 0 Å². The summed E-state index contributed by atoms with van der Waals surface area (Å²) in [6, 6.07) is 17.1.